The van der Waals surface area contributed by atoms with Gasteiger partial charge in [0, 0.05) is 5.92 Å². The van der Waals surface area contributed by atoms with E-state index in [1.165, 1.54) is 23.3 Å². The first-order valence-electron chi connectivity index (χ1n) is 6.69. The molecule has 2 heteroatoms. The van der Waals surface area contributed by atoms with Crippen LogP contribution in [0.5, 0.6) is 0 Å². The lowest BCUT2D eigenvalue weighted by molar-refractivity contribution is 0.144. The van der Waals surface area contributed by atoms with E-state index in [0.717, 1.165) is 24.0 Å². The molecular weight excluding hydrogens is 239 g/mol. The predicted molar refractivity (Wildman–Crippen MR) is 73.6 cm³/mol. The number of hydrogen-bond donors (Lipinski definition) is 1. The SMILES string of the molecule is Cc1cc(F)ccc1C(O)C1CCc2ccccc21. The van der Waals surface area contributed by atoms with Gasteiger partial charge in [-0.1, -0.05) is 30.3 Å². The van der Waals surface area contributed by atoms with Crippen LogP contribution in [0, 0.1) is 12.7 Å². The zero-order valence-electron chi connectivity index (χ0n) is 10.9. The van der Waals surface area contributed by atoms with Crippen molar-refractivity contribution in [3.63, 3.8) is 0 Å². The van der Waals surface area contributed by atoms with Gasteiger partial charge in [0.05, 0.1) is 6.10 Å². The van der Waals surface area contributed by atoms with Gasteiger partial charge in [-0.15, -0.1) is 0 Å². The summed E-state index contributed by atoms with van der Waals surface area (Å²) in [7, 11) is 0. The number of halogens is 1. The van der Waals surface area contributed by atoms with Gasteiger partial charge in [-0.3, -0.25) is 0 Å². The first-order chi connectivity index (χ1) is 9.16. The molecular formula is C17H17FO. The van der Waals surface area contributed by atoms with Crippen molar-refractivity contribution in [2.75, 3.05) is 0 Å². The second-order valence-electron chi connectivity index (χ2n) is 5.29. The lowest BCUT2D eigenvalue weighted by Gasteiger charge is -2.21. The Balaban J connectivity index is 1.95. The van der Waals surface area contributed by atoms with Crippen molar-refractivity contribution in [1.82, 2.24) is 0 Å². The van der Waals surface area contributed by atoms with Gasteiger partial charge in [-0.2, -0.15) is 0 Å². The molecule has 1 N–H and O–H groups in total. The summed E-state index contributed by atoms with van der Waals surface area (Å²) >= 11 is 0. The molecule has 1 aliphatic carbocycles. The highest BCUT2D eigenvalue weighted by molar-refractivity contribution is 5.39. The molecule has 1 aliphatic rings. The molecule has 1 nitrogen and oxygen atoms in total. The van der Waals surface area contributed by atoms with E-state index in [1.807, 2.05) is 19.1 Å². The zero-order valence-corrected chi connectivity index (χ0v) is 10.9. The largest absolute Gasteiger partial charge is 0.388 e. The van der Waals surface area contributed by atoms with Crippen LogP contribution in [0.3, 0.4) is 0 Å². The molecule has 3 rings (SSSR count). The molecule has 2 atom stereocenters. The molecule has 0 radical (unpaired) electrons. The molecule has 2 aromatic rings. The van der Waals surface area contributed by atoms with Gasteiger partial charge in [0.25, 0.3) is 0 Å². The van der Waals surface area contributed by atoms with Crippen LogP contribution >= 0.6 is 0 Å². The summed E-state index contributed by atoms with van der Waals surface area (Å²) in [6.45, 7) is 1.85. The normalized spacial score (nSPS) is 19.2. The van der Waals surface area contributed by atoms with Crippen molar-refractivity contribution in [3.05, 3.63) is 70.5 Å². The van der Waals surface area contributed by atoms with Crippen molar-refractivity contribution in [2.24, 2.45) is 0 Å². The van der Waals surface area contributed by atoms with Crippen LogP contribution in [0.25, 0.3) is 0 Å². The Hall–Kier alpha value is -1.67. The van der Waals surface area contributed by atoms with Crippen molar-refractivity contribution >= 4 is 0 Å². The van der Waals surface area contributed by atoms with E-state index in [1.54, 1.807) is 6.07 Å². The van der Waals surface area contributed by atoms with Crippen molar-refractivity contribution in [1.29, 1.82) is 0 Å². The van der Waals surface area contributed by atoms with E-state index < -0.39 is 6.10 Å². The highest BCUT2D eigenvalue weighted by atomic mass is 19.1. The van der Waals surface area contributed by atoms with Crippen LogP contribution in [-0.2, 0) is 6.42 Å². The number of aliphatic hydroxyl groups excluding tert-OH is 1. The Morgan fingerprint density at radius 2 is 2.00 bits per heavy atom. The maximum absolute atomic E-state index is 13.1. The second kappa shape index (κ2) is 4.78. The van der Waals surface area contributed by atoms with Gasteiger partial charge in [-0.25, -0.2) is 4.39 Å². The summed E-state index contributed by atoms with van der Waals surface area (Å²) in [4.78, 5) is 0. The smallest absolute Gasteiger partial charge is 0.123 e. The Kier molecular flexibility index (Phi) is 3.11. The molecule has 19 heavy (non-hydrogen) atoms. The van der Waals surface area contributed by atoms with Crippen LogP contribution in [0.4, 0.5) is 4.39 Å². The third-order valence-corrected chi connectivity index (χ3v) is 4.11. The minimum absolute atomic E-state index is 0.125. The number of fused-ring (bicyclic) bond motifs is 1. The Morgan fingerprint density at radius 3 is 2.79 bits per heavy atom. The van der Waals surface area contributed by atoms with Crippen LogP contribution in [0.2, 0.25) is 0 Å². The molecule has 0 amide bonds. The summed E-state index contributed by atoms with van der Waals surface area (Å²) in [5.41, 5.74) is 4.21. The summed E-state index contributed by atoms with van der Waals surface area (Å²) in [6.07, 6.45) is 1.42. The standard InChI is InChI=1S/C17H17FO/c1-11-10-13(18)7-9-14(11)17(19)16-8-6-12-4-2-3-5-15(12)16/h2-5,7,9-10,16-17,19H,6,8H2,1H3. The van der Waals surface area contributed by atoms with E-state index in [-0.39, 0.29) is 11.7 Å². The average molecular weight is 256 g/mol. The topological polar surface area (TPSA) is 20.2 Å². The molecule has 0 heterocycles. The molecule has 0 saturated carbocycles. The fourth-order valence-corrected chi connectivity index (χ4v) is 3.11. The van der Waals surface area contributed by atoms with Crippen molar-refractivity contribution < 1.29 is 9.50 Å². The first kappa shape index (κ1) is 12.4. The van der Waals surface area contributed by atoms with E-state index in [4.69, 9.17) is 0 Å². The maximum atomic E-state index is 13.1. The van der Waals surface area contributed by atoms with Gasteiger partial charge >= 0.3 is 0 Å². The van der Waals surface area contributed by atoms with Crippen LogP contribution in [0.15, 0.2) is 42.5 Å². The highest BCUT2D eigenvalue weighted by Crippen LogP contribution is 2.42. The van der Waals surface area contributed by atoms with Crippen LogP contribution in [-0.4, -0.2) is 5.11 Å². The van der Waals surface area contributed by atoms with Gasteiger partial charge < -0.3 is 5.11 Å². The summed E-state index contributed by atoms with van der Waals surface area (Å²) in [5.74, 6) is -0.124. The molecule has 0 bridgehead atoms. The third kappa shape index (κ3) is 2.17. The summed E-state index contributed by atoms with van der Waals surface area (Å²) < 4.78 is 13.1. The Labute approximate surface area is 112 Å². The number of benzene rings is 2. The van der Waals surface area contributed by atoms with E-state index >= 15 is 0 Å². The zero-order chi connectivity index (χ0) is 13.4. The third-order valence-electron chi connectivity index (χ3n) is 4.11. The van der Waals surface area contributed by atoms with Crippen LogP contribution < -0.4 is 0 Å². The molecule has 98 valence electrons. The first-order valence-corrected chi connectivity index (χ1v) is 6.69. The molecule has 0 spiro atoms. The lowest BCUT2D eigenvalue weighted by atomic mass is 9.88. The summed E-state index contributed by atoms with van der Waals surface area (Å²) in [6, 6.07) is 12.9. The van der Waals surface area contributed by atoms with Gasteiger partial charge in [0.15, 0.2) is 0 Å². The number of aryl methyl sites for hydroxylation is 2. The monoisotopic (exact) mass is 256 g/mol. The molecule has 0 aliphatic heterocycles. The predicted octanol–water partition coefficient (Wildman–Crippen LogP) is 3.90. The lowest BCUT2D eigenvalue weighted by Crippen LogP contribution is -2.09. The van der Waals surface area contributed by atoms with E-state index in [2.05, 4.69) is 12.1 Å². The molecule has 0 aromatic heterocycles. The van der Waals surface area contributed by atoms with Crippen LogP contribution in [0.1, 0.15) is 40.7 Å². The molecule has 2 aromatic carbocycles. The molecule has 0 fully saturated rings. The fourth-order valence-electron chi connectivity index (χ4n) is 3.11. The Bertz CT molecular complexity index is 606. The average Bonchev–Trinajstić information content (AvgIpc) is 2.82. The number of aliphatic hydroxyl groups is 1. The summed E-state index contributed by atoms with van der Waals surface area (Å²) in [5, 5.41) is 10.6. The van der Waals surface area contributed by atoms with Gasteiger partial charge in [-0.05, 0) is 54.2 Å². The Morgan fingerprint density at radius 1 is 1.21 bits per heavy atom. The van der Waals surface area contributed by atoms with Crippen molar-refractivity contribution in [3.8, 4) is 0 Å². The van der Waals surface area contributed by atoms with E-state index in [0.29, 0.717) is 0 Å². The number of hydrogen-bond acceptors (Lipinski definition) is 1. The highest BCUT2D eigenvalue weighted by Gasteiger charge is 2.29. The van der Waals surface area contributed by atoms with Crippen molar-refractivity contribution in [2.45, 2.75) is 31.8 Å². The number of rotatable bonds is 2. The molecule has 2 unspecified atom stereocenters. The second-order valence-corrected chi connectivity index (χ2v) is 5.29. The minimum Gasteiger partial charge on any atom is -0.388 e. The fraction of sp³-hybridized carbons (Fsp3) is 0.294. The quantitative estimate of drug-likeness (QED) is 0.864. The van der Waals surface area contributed by atoms with E-state index in [9.17, 15) is 9.50 Å². The minimum atomic E-state index is -0.552. The molecule has 0 saturated heterocycles. The van der Waals surface area contributed by atoms with Gasteiger partial charge in [0.1, 0.15) is 5.82 Å². The van der Waals surface area contributed by atoms with Gasteiger partial charge in [0.2, 0.25) is 0 Å². The maximum Gasteiger partial charge on any atom is 0.123 e.